The van der Waals surface area contributed by atoms with Crippen molar-refractivity contribution in [1.82, 2.24) is 59.0 Å². The van der Waals surface area contributed by atoms with E-state index in [4.69, 9.17) is 43.8 Å². The van der Waals surface area contributed by atoms with E-state index in [1.165, 1.54) is 49.3 Å². The molecule has 0 saturated carbocycles. The minimum absolute atomic E-state index is 0.00547. The number of ether oxygens (including phenoxy) is 2. The summed E-state index contributed by atoms with van der Waals surface area (Å²) >= 11 is 0. The third kappa shape index (κ3) is 8.27. The molecule has 0 saturated heterocycles. The number of pyridine rings is 2. The number of halogens is 2. The summed E-state index contributed by atoms with van der Waals surface area (Å²) in [7, 11) is 1.87. The number of hydrogen-bond acceptors (Lipinski definition) is 14. The van der Waals surface area contributed by atoms with Crippen molar-refractivity contribution in [3.8, 4) is 93.0 Å². The summed E-state index contributed by atoms with van der Waals surface area (Å²) in [6.07, 6.45) is 19.2. The van der Waals surface area contributed by atoms with Crippen LogP contribution in [0.25, 0.3) is 88.5 Å². The number of benzene rings is 4. The number of nitrogen functional groups attached to an aromatic ring is 2. The molecule has 0 fully saturated rings. The second kappa shape index (κ2) is 18.7. The van der Waals surface area contributed by atoms with E-state index in [-0.39, 0.29) is 41.7 Å². The van der Waals surface area contributed by atoms with Crippen LogP contribution in [0.3, 0.4) is 0 Å². The van der Waals surface area contributed by atoms with Gasteiger partial charge in [-0.25, -0.2) is 53.6 Å². The van der Waals surface area contributed by atoms with Gasteiger partial charge in [-0.3, -0.25) is 0 Å². The standard InChI is InChI=1S/C58H38F2N14O2/c1-5-39-13-9-33-23-36(10-14-44(33)71-39)51-47(49-53(61)66-29-68-55(49)73(51)4)34-11-15-46(42(59)26-34)76-58-64-21-18-41(72-58)19-22-74-52(37-8-7-32-25-40(6-2)65-28-38(32)24-37)48(50-54(62)67-30-69-56(50)74)35-12-16-45(43(60)27-35)75-57-63-20-17-31(3)70-57/h1-2,7-18,20-21,23-30H,19,22H2,3-4H3,(H2,61,66,68)(H2,62,67,69). The summed E-state index contributed by atoms with van der Waals surface area (Å²) < 4.78 is 48.4. The van der Waals surface area contributed by atoms with Crippen LogP contribution in [0.2, 0.25) is 0 Å². The van der Waals surface area contributed by atoms with E-state index in [1.807, 2.05) is 64.7 Å². The van der Waals surface area contributed by atoms with Crippen LogP contribution in [0.1, 0.15) is 22.8 Å². The number of nitrogens with zero attached hydrogens (tertiary/aromatic N) is 12. The zero-order chi connectivity index (χ0) is 52.2. The third-order valence-corrected chi connectivity index (χ3v) is 13.0. The maximum absolute atomic E-state index is 16.5. The second-order valence-electron chi connectivity index (χ2n) is 17.7. The first-order valence-electron chi connectivity index (χ1n) is 23.5. The van der Waals surface area contributed by atoms with Gasteiger partial charge in [0.1, 0.15) is 47.0 Å². The Morgan fingerprint density at radius 1 is 0.566 bits per heavy atom. The highest BCUT2D eigenvalue weighted by Gasteiger charge is 2.27. The Hall–Kier alpha value is -10.7. The predicted octanol–water partition coefficient (Wildman–Crippen LogP) is 10.6. The first-order chi connectivity index (χ1) is 37.0. The van der Waals surface area contributed by atoms with Gasteiger partial charge in [-0.15, -0.1) is 12.8 Å². The van der Waals surface area contributed by atoms with Gasteiger partial charge in [0.25, 0.3) is 0 Å². The fourth-order valence-corrected chi connectivity index (χ4v) is 9.55. The summed E-state index contributed by atoms with van der Waals surface area (Å²) in [5.74, 6) is 4.06. The maximum Gasteiger partial charge on any atom is 0.322 e. The zero-order valence-electron chi connectivity index (χ0n) is 40.4. The zero-order valence-corrected chi connectivity index (χ0v) is 40.4. The second-order valence-corrected chi connectivity index (χ2v) is 17.7. The normalized spacial score (nSPS) is 11.3. The van der Waals surface area contributed by atoms with Gasteiger partial charge in [0, 0.05) is 71.9 Å². The maximum atomic E-state index is 16.5. The Labute approximate surface area is 431 Å². The van der Waals surface area contributed by atoms with Crippen molar-refractivity contribution in [2.45, 2.75) is 19.9 Å². The lowest BCUT2D eigenvalue weighted by Gasteiger charge is -2.14. The van der Waals surface area contributed by atoms with Gasteiger partial charge >= 0.3 is 12.0 Å². The number of aryl methyl sites for hydroxylation is 4. The molecule has 4 N–H and O–H groups in total. The quantitative estimate of drug-likeness (QED) is 0.116. The largest absolute Gasteiger partial charge is 0.421 e. The predicted molar refractivity (Wildman–Crippen MR) is 286 cm³/mol. The Morgan fingerprint density at radius 3 is 1.87 bits per heavy atom. The highest BCUT2D eigenvalue weighted by molar-refractivity contribution is 6.10. The Bertz CT molecular complexity index is 4450. The minimum Gasteiger partial charge on any atom is -0.421 e. The van der Waals surface area contributed by atoms with Crippen LogP contribution in [-0.2, 0) is 20.0 Å². The fourth-order valence-electron chi connectivity index (χ4n) is 9.55. The van der Waals surface area contributed by atoms with Crippen LogP contribution < -0.4 is 20.9 Å². The SMILES string of the molecule is C#Cc1cc2ccc(-c3c(-c4ccc(Oc5nccc(C)n5)c(F)c4)c4c(N)ncnc4n3CCc3ccnc(Oc4ccc(-c5c(-c6ccc7nc(C#C)ccc7c6)n(C)c6ncnc(N)c56)cc4F)n3)cc2cn1. The van der Waals surface area contributed by atoms with E-state index >= 15 is 8.78 Å². The molecule has 8 heterocycles. The molecule has 4 aromatic carbocycles. The molecule has 0 aliphatic heterocycles. The first kappa shape index (κ1) is 46.4. The molecule has 12 aromatic rings. The number of fused-ring (bicyclic) bond motifs is 4. The molecule has 0 aliphatic carbocycles. The lowest BCUT2D eigenvalue weighted by Crippen LogP contribution is -2.07. The van der Waals surface area contributed by atoms with Gasteiger partial charge in [-0.05, 0) is 107 Å². The van der Waals surface area contributed by atoms with E-state index in [0.717, 1.165) is 38.5 Å². The van der Waals surface area contributed by atoms with Crippen LogP contribution in [-0.4, -0.2) is 59.0 Å². The van der Waals surface area contributed by atoms with E-state index in [9.17, 15) is 0 Å². The van der Waals surface area contributed by atoms with E-state index in [1.54, 1.807) is 43.5 Å². The lowest BCUT2D eigenvalue weighted by molar-refractivity contribution is 0.409. The Kier molecular flexibility index (Phi) is 11.4. The Morgan fingerprint density at radius 2 is 1.17 bits per heavy atom. The highest BCUT2D eigenvalue weighted by atomic mass is 19.1. The fraction of sp³-hybridized carbons (Fsp3) is 0.0690. The molecule has 18 heteroatoms. The summed E-state index contributed by atoms with van der Waals surface area (Å²) in [5, 5.41) is 3.60. The number of hydrogen-bond donors (Lipinski definition) is 2. The molecule has 0 amide bonds. The van der Waals surface area contributed by atoms with Crippen molar-refractivity contribution < 1.29 is 18.3 Å². The van der Waals surface area contributed by atoms with Crippen LogP contribution in [0.15, 0.2) is 134 Å². The van der Waals surface area contributed by atoms with Gasteiger partial charge in [0.15, 0.2) is 23.1 Å². The summed E-state index contributed by atoms with van der Waals surface area (Å²) in [5.41, 5.74) is 22.4. The van der Waals surface area contributed by atoms with Crippen molar-refractivity contribution in [3.63, 3.8) is 0 Å². The van der Waals surface area contributed by atoms with Crippen molar-refractivity contribution in [2.24, 2.45) is 7.05 Å². The van der Waals surface area contributed by atoms with Gasteiger partial charge in [-0.1, -0.05) is 42.2 Å². The molecule has 0 aliphatic rings. The van der Waals surface area contributed by atoms with E-state index in [0.29, 0.717) is 79.2 Å². The number of aromatic nitrogens is 12. The van der Waals surface area contributed by atoms with Crippen molar-refractivity contribution in [2.75, 3.05) is 11.5 Å². The van der Waals surface area contributed by atoms with Crippen LogP contribution in [0.4, 0.5) is 20.4 Å². The molecule has 366 valence electrons. The van der Waals surface area contributed by atoms with Crippen LogP contribution in [0.5, 0.6) is 23.5 Å². The molecule has 16 nitrogen and oxygen atoms in total. The number of terminal acetylenes is 2. The van der Waals surface area contributed by atoms with Gasteiger partial charge in [-0.2, -0.15) is 4.98 Å². The molecule has 0 unspecified atom stereocenters. The molecular formula is C58H38F2N14O2. The monoisotopic (exact) mass is 1000 g/mol. The average molecular weight is 1000 g/mol. The molecule has 0 atom stereocenters. The first-order valence-corrected chi connectivity index (χ1v) is 23.5. The van der Waals surface area contributed by atoms with Crippen molar-refractivity contribution >= 4 is 55.4 Å². The summed E-state index contributed by atoms with van der Waals surface area (Å²) in [6, 6.07) is 29.8. The van der Waals surface area contributed by atoms with E-state index in [2.05, 4.69) is 51.7 Å². The molecule has 0 spiro atoms. The topological polar surface area (TPSA) is 209 Å². The number of anilines is 2. The van der Waals surface area contributed by atoms with Crippen LogP contribution >= 0.6 is 0 Å². The highest BCUT2D eigenvalue weighted by Crippen LogP contribution is 2.45. The Balaban J connectivity index is 0.889. The smallest absolute Gasteiger partial charge is 0.322 e. The average Bonchev–Trinajstić information content (AvgIpc) is 3.96. The molecule has 8 aromatic heterocycles. The van der Waals surface area contributed by atoms with Gasteiger partial charge < -0.3 is 30.1 Å². The van der Waals surface area contributed by atoms with E-state index < -0.39 is 11.6 Å². The van der Waals surface area contributed by atoms with Crippen molar-refractivity contribution in [1.29, 1.82) is 0 Å². The molecule has 0 radical (unpaired) electrons. The molecular weight excluding hydrogens is 963 g/mol. The van der Waals surface area contributed by atoms with Crippen LogP contribution in [0, 0.1) is 43.2 Å². The molecule has 0 bridgehead atoms. The van der Waals surface area contributed by atoms with Crippen molar-refractivity contribution in [3.05, 3.63) is 169 Å². The number of nitrogens with two attached hydrogens (primary N) is 2. The molecule has 76 heavy (non-hydrogen) atoms. The molecule has 12 rings (SSSR count). The lowest BCUT2D eigenvalue weighted by atomic mass is 9.97. The third-order valence-electron chi connectivity index (χ3n) is 13.0. The summed E-state index contributed by atoms with van der Waals surface area (Å²) in [4.78, 5) is 44.4. The van der Waals surface area contributed by atoms with Gasteiger partial charge in [0.2, 0.25) is 0 Å². The van der Waals surface area contributed by atoms with Gasteiger partial charge in [0.05, 0.1) is 27.7 Å². The summed E-state index contributed by atoms with van der Waals surface area (Å²) in [6.45, 7) is 2.07. The number of rotatable bonds is 11. The minimum atomic E-state index is -0.678.